The highest BCUT2D eigenvalue weighted by atomic mass is 19.1. The van der Waals surface area contributed by atoms with Gasteiger partial charge in [0.1, 0.15) is 17.3 Å². The van der Waals surface area contributed by atoms with Crippen molar-refractivity contribution in [1.82, 2.24) is 9.78 Å². The molecule has 0 amide bonds. The first-order chi connectivity index (χ1) is 14.3. The molecule has 0 fully saturated rings. The van der Waals surface area contributed by atoms with Gasteiger partial charge in [-0.2, -0.15) is 5.10 Å². The highest BCUT2D eigenvalue weighted by molar-refractivity contribution is 5.57. The van der Waals surface area contributed by atoms with Crippen LogP contribution >= 0.6 is 0 Å². The number of hydrogen-bond acceptors (Lipinski definition) is 2. The number of anilines is 1. The quantitative estimate of drug-likeness (QED) is 0.503. The normalized spacial score (nSPS) is 12.8. The number of hydrogen-bond donors (Lipinski definition) is 1. The molecule has 144 valence electrons. The summed E-state index contributed by atoms with van der Waals surface area (Å²) in [5, 5.41) is 8.27. The summed E-state index contributed by atoms with van der Waals surface area (Å²) in [6, 6.07) is 27.9. The molecule has 0 atom stereocenters. The molecule has 1 aliphatic heterocycles. The largest absolute Gasteiger partial charge is 0.369 e. The van der Waals surface area contributed by atoms with Crippen molar-refractivity contribution in [2.45, 2.75) is 18.8 Å². The average molecular weight is 383 g/mol. The Morgan fingerprint density at radius 3 is 2.14 bits per heavy atom. The predicted octanol–water partition coefficient (Wildman–Crippen LogP) is 5.35. The van der Waals surface area contributed by atoms with Crippen molar-refractivity contribution < 1.29 is 4.39 Å². The van der Waals surface area contributed by atoms with Gasteiger partial charge in [-0.15, -0.1) is 0 Å². The Bertz CT molecular complexity index is 1080. The molecule has 5 rings (SSSR count). The molecule has 29 heavy (non-hydrogen) atoms. The van der Waals surface area contributed by atoms with E-state index in [0.29, 0.717) is 5.69 Å². The predicted molar refractivity (Wildman–Crippen MR) is 114 cm³/mol. The molecule has 4 heteroatoms. The first kappa shape index (κ1) is 17.7. The minimum absolute atomic E-state index is 0.200. The van der Waals surface area contributed by atoms with Gasteiger partial charge >= 0.3 is 0 Å². The van der Waals surface area contributed by atoms with Gasteiger partial charge in [-0.05, 0) is 29.7 Å². The van der Waals surface area contributed by atoms with Crippen LogP contribution in [-0.2, 0) is 12.8 Å². The second-order valence-electron chi connectivity index (χ2n) is 7.39. The van der Waals surface area contributed by atoms with Crippen molar-refractivity contribution in [3.05, 3.63) is 113 Å². The Morgan fingerprint density at radius 1 is 0.862 bits per heavy atom. The average Bonchev–Trinajstić information content (AvgIpc) is 3.37. The van der Waals surface area contributed by atoms with E-state index in [1.54, 1.807) is 16.8 Å². The fourth-order valence-electron chi connectivity index (χ4n) is 4.20. The van der Waals surface area contributed by atoms with Crippen LogP contribution in [0.5, 0.6) is 0 Å². The third kappa shape index (κ3) is 3.31. The molecule has 0 spiro atoms. The third-order valence-corrected chi connectivity index (χ3v) is 5.62. The van der Waals surface area contributed by atoms with Gasteiger partial charge in [0.15, 0.2) is 0 Å². The maximum Gasteiger partial charge on any atom is 0.148 e. The number of nitrogens with zero attached hydrogens (tertiary/aromatic N) is 2. The summed E-state index contributed by atoms with van der Waals surface area (Å²) in [6.45, 7) is 0.857. The van der Waals surface area contributed by atoms with E-state index in [2.05, 4.69) is 53.8 Å². The number of para-hydroxylation sites is 1. The lowest BCUT2D eigenvalue weighted by atomic mass is 9.86. The van der Waals surface area contributed by atoms with Gasteiger partial charge in [-0.1, -0.05) is 72.8 Å². The van der Waals surface area contributed by atoms with Crippen LogP contribution in [0.2, 0.25) is 0 Å². The fraction of sp³-hybridized carbons (Fsp3) is 0.160. The molecule has 0 saturated heterocycles. The van der Waals surface area contributed by atoms with Gasteiger partial charge in [-0.25, -0.2) is 9.07 Å². The lowest BCUT2D eigenvalue weighted by molar-refractivity contribution is 0.609. The van der Waals surface area contributed by atoms with Crippen molar-refractivity contribution in [3.63, 3.8) is 0 Å². The Labute approximate surface area is 169 Å². The number of fused-ring (bicyclic) bond motifs is 1. The van der Waals surface area contributed by atoms with Crippen LogP contribution in [-0.4, -0.2) is 16.3 Å². The zero-order chi connectivity index (χ0) is 19.6. The maximum absolute atomic E-state index is 14.5. The summed E-state index contributed by atoms with van der Waals surface area (Å²) in [4.78, 5) is 0. The number of benzene rings is 3. The molecule has 0 unspecified atom stereocenters. The van der Waals surface area contributed by atoms with E-state index in [0.717, 1.165) is 30.9 Å². The van der Waals surface area contributed by atoms with E-state index in [-0.39, 0.29) is 11.7 Å². The smallest absolute Gasteiger partial charge is 0.148 e. The first-order valence-corrected chi connectivity index (χ1v) is 10.0. The van der Waals surface area contributed by atoms with Gasteiger partial charge in [-0.3, -0.25) is 0 Å². The van der Waals surface area contributed by atoms with E-state index < -0.39 is 0 Å². The van der Waals surface area contributed by atoms with Crippen LogP contribution in [0.1, 0.15) is 28.3 Å². The van der Waals surface area contributed by atoms with E-state index in [9.17, 15) is 4.39 Å². The monoisotopic (exact) mass is 383 g/mol. The molecular weight excluding hydrogens is 361 g/mol. The van der Waals surface area contributed by atoms with Crippen LogP contribution in [0, 0.1) is 5.82 Å². The zero-order valence-corrected chi connectivity index (χ0v) is 16.1. The number of rotatable bonds is 5. The summed E-state index contributed by atoms with van der Waals surface area (Å²) in [5.41, 5.74) is 5.24. The topological polar surface area (TPSA) is 29.9 Å². The minimum atomic E-state index is -0.263. The molecule has 0 saturated carbocycles. The lowest BCUT2D eigenvalue weighted by Gasteiger charge is -2.17. The second kappa shape index (κ2) is 7.55. The summed E-state index contributed by atoms with van der Waals surface area (Å²) < 4.78 is 16.2. The molecule has 3 nitrogen and oxygen atoms in total. The van der Waals surface area contributed by atoms with Crippen LogP contribution in [0.4, 0.5) is 10.2 Å². The molecule has 3 aromatic carbocycles. The standard InChI is InChI=1S/C25H22FN3/c26-22-13-7-8-14-24(22)29-25-20(15-16-27-25)23(28-29)17-21(18-9-3-1-4-10-18)19-11-5-2-6-12-19/h1-14,21,27H,15-17H2. The van der Waals surface area contributed by atoms with Crippen molar-refractivity contribution in [2.75, 3.05) is 11.9 Å². The van der Waals surface area contributed by atoms with Gasteiger partial charge in [0.2, 0.25) is 0 Å². The molecule has 0 aliphatic carbocycles. The number of aromatic nitrogens is 2. The van der Waals surface area contributed by atoms with Crippen molar-refractivity contribution in [3.8, 4) is 5.69 Å². The van der Waals surface area contributed by atoms with Crippen molar-refractivity contribution >= 4 is 5.82 Å². The lowest BCUT2D eigenvalue weighted by Crippen LogP contribution is -2.09. The molecule has 2 heterocycles. The SMILES string of the molecule is Fc1ccccc1-n1nc(CC(c2ccccc2)c2ccccc2)c2c1NCC2. The van der Waals surface area contributed by atoms with Gasteiger partial charge < -0.3 is 5.32 Å². The molecule has 1 aromatic heterocycles. The summed E-state index contributed by atoms with van der Waals surface area (Å²) in [6.07, 6.45) is 1.69. The van der Waals surface area contributed by atoms with Crippen molar-refractivity contribution in [2.24, 2.45) is 0 Å². The third-order valence-electron chi connectivity index (χ3n) is 5.62. The van der Waals surface area contributed by atoms with Gasteiger partial charge in [0.25, 0.3) is 0 Å². The van der Waals surface area contributed by atoms with Gasteiger partial charge in [0.05, 0.1) is 5.69 Å². The summed E-state index contributed by atoms with van der Waals surface area (Å²) in [5.74, 6) is 0.858. The fourth-order valence-corrected chi connectivity index (χ4v) is 4.20. The number of nitrogens with one attached hydrogen (secondary N) is 1. The molecular formula is C25H22FN3. The second-order valence-corrected chi connectivity index (χ2v) is 7.39. The Morgan fingerprint density at radius 2 is 1.48 bits per heavy atom. The zero-order valence-electron chi connectivity index (χ0n) is 16.1. The molecule has 4 aromatic rings. The molecule has 1 N–H and O–H groups in total. The Balaban J connectivity index is 1.59. The Kier molecular flexibility index (Phi) is 4.60. The maximum atomic E-state index is 14.5. The first-order valence-electron chi connectivity index (χ1n) is 10.0. The molecule has 0 bridgehead atoms. The summed E-state index contributed by atoms with van der Waals surface area (Å²) in [7, 11) is 0. The van der Waals surface area contributed by atoms with Gasteiger partial charge in [0, 0.05) is 24.4 Å². The highest BCUT2D eigenvalue weighted by Crippen LogP contribution is 2.34. The molecule has 1 aliphatic rings. The van der Waals surface area contributed by atoms with E-state index in [1.165, 1.54) is 22.8 Å². The van der Waals surface area contributed by atoms with E-state index in [1.807, 2.05) is 18.2 Å². The summed E-state index contributed by atoms with van der Waals surface area (Å²) >= 11 is 0. The highest BCUT2D eigenvalue weighted by Gasteiger charge is 2.26. The number of halogens is 1. The van der Waals surface area contributed by atoms with Crippen molar-refractivity contribution in [1.29, 1.82) is 0 Å². The van der Waals surface area contributed by atoms with Crippen LogP contribution in [0.15, 0.2) is 84.9 Å². The van der Waals surface area contributed by atoms with Crippen LogP contribution < -0.4 is 5.32 Å². The minimum Gasteiger partial charge on any atom is -0.369 e. The van der Waals surface area contributed by atoms with Crippen LogP contribution in [0.3, 0.4) is 0 Å². The van der Waals surface area contributed by atoms with E-state index in [4.69, 9.17) is 5.10 Å². The molecule has 0 radical (unpaired) electrons. The van der Waals surface area contributed by atoms with E-state index >= 15 is 0 Å². The van der Waals surface area contributed by atoms with Crippen LogP contribution in [0.25, 0.3) is 5.69 Å². The Hall–Kier alpha value is -3.40.